The summed E-state index contributed by atoms with van der Waals surface area (Å²) in [6.07, 6.45) is 3.01. The van der Waals surface area contributed by atoms with Crippen molar-refractivity contribution in [3.63, 3.8) is 0 Å². The number of nitrogens with zero attached hydrogens (tertiary/aromatic N) is 2. The minimum absolute atomic E-state index is 0.0798. The van der Waals surface area contributed by atoms with Gasteiger partial charge in [-0.25, -0.2) is 4.98 Å². The minimum Gasteiger partial charge on any atom is -0.319 e. The van der Waals surface area contributed by atoms with E-state index in [1.165, 1.54) is 0 Å². The normalized spacial score (nSPS) is 13.5. The van der Waals surface area contributed by atoms with Crippen LogP contribution in [0.5, 0.6) is 0 Å². The number of imidazole rings is 1. The third-order valence-electron chi connectivity index (χ3n) is 1.81. The standard InChI is InChI=1S/C8H15N3/c1-4-8(9)11-5-6(2)10-7(11)3/h5,8H,4,9H2,1-3H3. The Bertz CT molecular complexity index is 239. The first-order valence-electron chi connectivity index (χ1n) is 3.92. The molecule has 0 amide bonds. The Morgan fingerprint density at radius 1 is 1.64 bits per heavy atom. The summed E-state index contributed by atoms with van der Waals surface area (Å²) in [4.78, 5) is 4.26. The molecule has 2 N–H and O–H groups in total. The van der Waals surface area contributed by atoms with Crippen molar-refractivity contribution in [1.82, 2.24) is 9.55 Å². The number of aromatic nitrogens is 2. The molecular formula is C8H15N3. The largest absolute Gasteiger partial charge is 0.319 e. The van der Waals surface area contributed by atoms with Crippen molar-refractivity contribution >= 4 is 0 Å². The maximum atomic E-state index is 5.83. The third-order valence-corrected chi connectivity index (χ3v) is 1.81. The molecule has 11 heavy (non-hydrogen) atoms. The number of aryl methyl sites for hydroxylation is 2. The second-order valence-electron chi connectivity index (χ2n) is 2.81. The van der Waals surface area contributed by atoms with Crippen molar-refractivity contribution in [2.75, 3.05) is 0 Å². The van der Waals surface area contributed by atoms with E-state index in [0.717, 1.165) is 17.9 Å². The zero-order valence-corrected chi connectivity index (χ0v) is 7.33. The van der Waals surface area contributed by atoms with E-state index in [1.54, 1.807) is 0 Å². The van der Waals surface area contributed by atoms with Crippen LogP contribution < -0.4 is 5.73 Å². The molecule has 1 heterocycles. The Labute approximate surface area is 67.2 Å². The molecule has 0 radical (unpaired) electrons. The molecule has 0 aliphatic heterocycles. The first-order chi connectivity index (χ1) is 5.15. The molecule has 1 aromatic heterocycles. The first kappa shape index (κ1) is 8.27. The lowest BCUT2D eigenvalue weighted by Gasteiger charge is -2.11. The van der Waals surface area contributed by atoms with Crippen LogP contribution in [-0.2, 0) is 0 Å². The molecule has 62 valence electrons. The minimum atomic E-state index is 0.0798. The highest BCUT2D eigenvalue weighted by atomic mass is 15.1. The summed E-state index contributed by atoms with van der Waals surface area (Å²) >= 11 is 0. The fourth-order valence-electron chi connectivity index (χ4n) is 1.17. The van der Waals surface area contributed by atoms with E-state index in [-0.39, 0.29) is 6.17 Å². The van der Waals surface area contributed by atoms with Crippen LogP contribution in [0, 0.1) is 13.8 Å². The molecule has 0 aliphatic rings. The Morgan fingerprint density at radius 3 is 2.64 bits per heavy atom. The molecule has 0 saturated carbocycles. The second-order valence-corrected chi connectivity index (χ2v) is 2.81. The van der Waals surface area contributed by atoms with E-state index in [9.17, 15) is 0 Å². The molecule has 1 atom stereocenters. The van der Waals surface area contributed by atoms with Crippen molar-refractivity contribution in [3.8, 4) is 0 Å². The Morgan fingerprint density at radius 2 is 2.27 bits per heavy atom. The predicted molar refractivity (Wildman–Crippen MR) is 45.2 cm³/mol. The summed E-state index contributed by atoms with van der Waals surface area (Å²) in [6, 6.07) is 0. The topological polar surface area (TPSA) is 43.8 Å². The van der Waals surface area contributed by atoms with Crippen molar-refractivity contribution in [2.24, 2.45) is 5.73 Å². The van der Waals surface area contributed by atoms with Gasteiger partial charge < -0.3 is 10.3 Å². The zero-order chi connectivity index (χ0) is 8.43. The summed E-state index contributed by atoms with van der Waals surface area (Å²) in [5, 5.41) is 0. The van der Waals surface area contributed by atoms with Crippen LogP contribution in [0.15, 0.2) is 6.20 Å². The van der Waals surface area contributed by atoms with E-state index >= 15 is 0 Å². The van der Waals surface area contributed by atoms with Crippen LogP contribution in [0.25, 0.3) is 0 Å². The Kier molecular flexibility index (Phi) is 2.29. The number of nitrogens with two attached hydrogens (primary N) is 1. The van der Waals surface area contributed by atoms with Gasteiger partial charge >= 0.3 is 0 Å². The summed E-state index contributed by atoms with van der Waals surface area (Å²) < 4.78 is 2.01. The fourth-order valence-corrected chi connectivity index (χ4v) is 1.17. The van der Waals surface area contributed by atoms with Crippen LogP contribution in [0.4, 0.5) is 0 Å². The van der Waals surface area contributed by atoms with E-state index in [4.69, 9.17) is 5.73 Å². The monoisotopic (exact) mass is 153 g/mol. The zero-order valence-electron chi connectivity index (χ0n) is 7.33. The quantitative estimate of drug-likeness (QED) is 0.697. The van der Waals surface area contributed by atoms with Crippen molar-refractivity contribution < 1.29 is 0 Å². The lowest BCUT2D eigenvalue weighted by atomic mass is 10.4. The summed E-state index contributed by atoms with van der Waals surface area (Å²) in [6.45, 7) is 6.02. The third kappa shape index (κ3) is 1.60. The smallest absolute Gasteiger partial charge is 0.107 e. The van der Waals surface area contributed by atoms with Crippen molar-refractivity contribution in [1.29, 1.82) is 0 Å². The van der Waals surface area contributed by atoms with Gasteiger partial charge in [-0.05, 0) is 20.3 Å². The second kappa shape index (κ2) is 3.05. The first-order valence-corrected chi connectivity index (χ1v) is 3.92. The maximum absolute atomic E-state index is 5.83. The van der Waals surface area contributed by atoms with Crippen LogP contribution in [0.1, 0.15) is 31.0 Å². The molecule has 0 fully saturated rings. The maximum Gasteiger partial charge on any atom is 0.107 e. The van der Waals surface area contributed by atoms with Gasteiger partial charge in [-0.3, -0.25) is 0 Å². The van der Waals surface area contributed by atoms with Crippen molar-refractivity contribution in [3.05, 3.63) is 17.7 Å². The van der Waals surface area contributed by atoms with Crippen molar-refractivity contribution in [2.45, 2.75) is 33.4 Å². The molecule has 0 spiro atoms. The van der Waals surface area contributed by atoms with Crippen LogP contribution in [0.2, 0.25) is 0 Å². The van der Waals surface area contributed by atoms with Gasteiger partial charge in [-0.2, -0.15) is 0 Å². The van der Waals surface area contributed by atoms with E-state index in [0.29, 0.717) is 0 Å². The average Bonchev–Trinajstić information content (AvgIpc) is 2.28. The van der Waals surface area contributed by atoms with Crippen LogP contribution in [0.3, 0.4) is 0 Å². The highest BCUT2D eigenvalue weighted by Crippen LogP contribution is 2.08. The van der Waals surface area contributed by atoms with Crippen LogP contribution >= 0.6 is 0 Å². The lowest BCUT2D eigenvalue weighted by molar-refractivity contribution is 0.494. The molecule has 1 unspecified atom stereocenters. The van der Waals surface area contributed by atoms with Gasteiger partial charge in [0, 0.05) is 6.20 Å². The molecule has 0 aromatic carbocycles. The highest BCUT2D eigenvalue weighted by Gasteiger charge is 2.05. The van der Waals surface area contributed by atoms with Gasteiger partial charge in [-0.15, -0.1) is 0 Å². The number of hydrogen-bond acceptors (Lipinski definition) is 2. The summed E-state index contributed by atoms with van der Waals surface area (Å²) in [5.74, 6) is 0.997. The summed E-state index contributed by atoms with van der Waals surface area (Å²) in [5.41, 5.74) is 6.87. The fraction of sp³-hybridized carbons (Fsp3) is 0.625. The molecule has 0 saturated heterocycles. The molecule has 0 bridgehead atoms. The van der Waals surface area contributed by atoms with E-state index in [1.807, 2.05) is 24.6 Å². The highest BCUT2D eigenvalue weighted by molar-refractivity contribution is 5.01. The van der Waals surface area contributed by atoms with Gasteiger partial charge in [0.15, 0.2) is 0 Å². The van der Waals surface area contributed by atoms with Gasteiger partial charge in [0.25, 0.3) is 0 Å². The van der Waals surface area contributed by atoms with Gasteiger partial charge in [0.1, 0.15) is 5.82 Å². The number of rotatable bonds is 2. The molecule has 3 heteroatoms. The predicted octanol–water partition coefficient (Wildman–Crippen LogP) is 1.37. The van der Waals surface area contributed by atoms with Gasteiger partial charge in [0.05, 0.1) is 11.9 Å². The van der Waals surface area contributed by atoms with Gasteiger partial charge in [0.2, 0.25) is 0 Å². The van der Waals surface area contributed by atoms with E-state index in [2.05, 4.69) is 11.9 Å². The Hall–Kier alpha value is -0.830. The molecule has 1 aromatic rings. The average molecular weight is 153 g/mol. The van der Waals surface area contributed by atoms with Gasteiger partial charge in [-0.1, -0.05) is 6.92 Å². The molecular weight excluding hydrogens is 138 g/mol. The summed E-state index contributed by atoms with van der Waals surface area (Å²) in [7, 11) is 0. The molecule has 0 aliphatic carbocycles. The van der Waals surface area contributed by atoms with E-state index < -0.39 is 0 Å². The lowest BCUT2D eigenvalue weighted by Crippen LogP contribution is -2.17. The Balaban J connectivity index is 2.93. The van der Waals surface area contributed by atoms with Crippen LogP contribution in [-0.4, -0.2) is 9.55 Å². The molecule has 1 rings (SSSR count). The molecule has 3 nitrogen and oxygen atoms in total. The SMILES string of the molecule is CCC(N)n1cc(C)nc1C. The number of hydrogen-bond donors (Lipinski definition) is 1.